The van der Waals surface area contributed by atoms with Crippen molar-refractivity contribution < 1.29 is 29.0 Å². The van der Waals surface area contributed by atoms with E-state index in [1.54, 1.807) is 54.6 Å². The predicted octanol–water partition coefficient (Wildman–Crippen LogP) is 1.98. The fraction of sp³-hybridized carbons (Fsp3) is 0.304. The van der Waals surface area contributed by atoms with E-state index in [2.05, 4.69) is 21.2 Å². The van der Waals surface area contributed by atoms with Crippen molar-refractivity contribution in [2.24, 2.45) is 5.73 Å². The molecule has 8 nitrogen and oxygen atoms in total. The van der Waals surface area contributed by atoms with Crippen LogP contribution in [0.15, 0.2) is 60.7 Å². The van der Waals surface area contributed by atoms with Gasteiger partial charge in [0.1, 0.15) is 12.4 Å². The molecule has 2 atom stereocenters. The number of carboxylic acids is 1. The Labute approximate surface area is 194 Å². The predicted molar refractivity (Wildman–Crippen MR) is 121 cm³/mol. The average Bonchev–Trinajstić information content (AvgIpc) is 2.80. The van der Waals surface area contributed by atoms with Crippen molar-refractivity contribution in [1.29, 1.82) is 0 Å². The summed E-state index contributed by atoms with van der Waals surface area (Å²) >= 11 is 3.01. The quantitative estimate of drug-likeness (QED) is 0.228. The summed E-state index contributed by atoms with van der Waals surface area (Å²) in [6, 6.07) is 16.5. The smallest absolute Gasteiger partial charge is 0.344 e. The summed E-state index contributed by atoms with van der Waals surface area (Å²) in [4.78, 5) is 49.7. The van der Waals surface area contributed by atoms with Crippen LogP contribution in [0, 0.1) is 0 Å². The number of Topliss-reactive ketones (excluding diaryl/α,β-unsaturated/α-hetero) is 1. The molecule has 0 saturated heterocycles. The molecule has 0 spiro atoms. The molecule has 0 aliphatic heterocycles. The molecule has 32 heavy (non-hydrogen) atoms. The third kappa shape index (κ3) is 7.00. The van der Waals surface area contributed by atoms with Gasteiger partial charge in [-0.25, -0.2) is 9.59 Å². The molecule has 0 heterocycles. The number of esters is 1. The van der Waals surface area contributed by atoms with Crippen molar-refractivity contribution in [3.8, 4) is 0 Å². The summed E-state index contributed by atoms with van der Waals surface area (Å²) in [7, 11) is 0. The van der Waals surface area contributed by atoms with Gasteiger partial charge in [0.05, 0.1) is 11.4 Å². The first kappa shape index (κ1) is 25.2. The second-order valence-corrected chi connectivity index (χ2v) is 7.79. The molecule has 2 unspecified atom stereocenters. The zero-order valence-corrected chi connectivity index (χ0v) is 18.9. The summed E-state index contributed by atoms with van der Waals surface area (Å²) in [5, 5.41) is 12.2. The maximum absolute atomic E-state index is 12.9. The van der Waals surface area contributed by atoms with E-state index in [0.29, 0.717) is 5.56 Å². The van der Waals surface area contributed by atoms with Crippen LogP contribution in [0.5, 0.6) is 0 Å². The lowest BCUT2D eigenvalue weighted by molar-refractivity contribution is -0.166. The first-order chi connectivity index (χ1) is 15.3. The minimum atomic E-state index is -2.45. The zero-order chi connectivity index (χ0) is 23.6. The van der Waals surface area contributed by atoms with Gasteiger partial charge in [-0.05, 0) is 24.0 Å². The number of benzene rings is 2. The Morgan fingerprint density at radius 1 is 1.00 bits per heavy atom. The van der Waals surface area contributed by atoms with E-state index in [4.69, 9.17) is 10.5 Å². The van der Waals surface area contributed by atoms with Crippen molar-refractivity contribution in [2.75, 3.05) is 5.33 Å². The van der Waals surface area contributed by atoms with Gasteiger partial charge >= 0.3 is 11.9 Å². The van der Waals surface area contributed by atoms with Crippen LogP contribution in [-0.2, 0) is 36.9 Å². The lowest BCUT2D eigenvalue weighted by atomic mass is 9.91. The van der Waals surface area contributed by atoms with Crippen molar-refractivity contribution in [3.05, 3.63) is 71.8 Å². The molecular weight excluding hydrogens is 480 g/mol. The lowest BCUT2D eigenvalue weighted by Gasteiger charge is -2.29. The highest BCUT2D eigenvalue weighted by atomic mass is 79.9. The van der Waals surface area contributed by atoms with Crippen LogP contribution in [-0.4, -0.2) is 45.6 Å². The third-order valence-electron chi connectivity index (χ3n) is 4.83. The van der Waals surface area contributed by atoms with Gasteiger partial charge in [-0.2, -0.15) is 0 Å². The zero-order valence-electron chi connectivity index (χ0n) is 17.3. The Kier molecular flexibility index (Phi) is 9.55. The Morgan fingerprint density at radius 3 is 2.09 bits per heavy atom. The first-order valence-corrected chi connectivity index (χ1v) is 11.0. The highest BCUT2D eigenvalue weighted by Crippen LogP contribution is 2.19. The van der Waals surface area contributed by atoms with Gasteiger partial charge in [0.25, 0.3) is 0 Å². The highest BCUT2D eigenvalue weighted by Gasteiger charge is 2.50. The van der Waals surface area contributed by atoms with Crippen LogP contribution in [0.4, 0.5) is 0 Å². The Morgan fingerprint density at radius 2 is 1.56 bits per heavy atom. The largest absolute Gasteiger partial charge is 0.479 e. The van der Waals surface area contributed by atoms with Gasteiger partial charge < -0.3 is 20.9 Å². The molecule has 2 aromatic carbocycles. The summed E-state index contributed by atoms with van der Waals surface area (Å²) in [5.74, 6) is -3.96. The van der Waals surface area contributed by atoms with Gasteiger partial charge in [0.2, 0.25) is 11.4 Å². The fourth-order valence-corrected chi connectivity index (χ4v) is 3.25. The Bertz CT molecular complexity index is 938. The molecule has 9 heteroatoms. The summed E-state index contributed by atoms with van der Waals surface area (Å²) in [6.45, 7) is -0.187. The number of aliphatic carboxylic acids is 1. The van der Waals surface area contributed by atoms with Gasteiger partial charge in [0.15, 0.2) is 0 Å². The summed E-state index contributed by atoms with van der Waals surface area (Å²) in [5.41, 5.74) is 4.94. The number of hydrogen-bond donors (Lipinski definition) is 3. The topological polar surface area (TPSA) is 136 Å². The molecule has 2 aromatic rings. The minimum absolute atomic E-state index is 0.0107. The monoisotopic (exact) mass is 504 g/mol. The second kappa shape index (κ2) is 12.1. The molecule has 0 aromatic heterocycles. The minimum Gasteiger partial charge on any atom is -0.479 e. The fourth-order valence-electron chi connectivity index (χ4n) is 2.97. The number of hydrogen-bond acceptors (Lipinski definition) is 6. The van der Waals surface area contributed by atoms with E-state index in [1.165, 1.54) is 0 Å². The van der Waals surface area contributed by atoms with Crippen molar-refractivity contribution in [2.45, 2.75) is 37.5 Å². The van der Waals surface area contributed by atoms with Crippen molar-refractivity contribution >= 4 is 39.6 Å². The van der Waals surface area contributed by atoms with Crippen LogP contribution in [0.3, 0.4) is 0 Å². The van der Waals surface area contributed by atoms with Crippen LogP contribution in [0.2, 0.25) is 0 Å². The van der Waals surface area contributed by atoms with Crippen LogP contribution >= 0.6 is 15.9 Å². The molecule has 0 aliphatic rings. The number of amides is 1. The van der Waals surface area contributed by atoms with Gasteiger partial charge in [-0.15, -0.1) is 0 Å². The third-order valence-corrected chi connectivity index (χ3v) is 5.45. The van der Waals surface area contributed by atoms with E-state index in [9.17, 15) is 24.3 Å². The molecule has 0 radical (unpaired) electrons. The summed E-state index contributed by atoms with van der Waals surface area (Å²) < 4.78 is 5.22. The number of carbonyl (C=O) groups excluding carboxylic acids is 3. The van der Waals surface area contributed by atoms with Gasteiger partial charge in [0, 0.05) is 6.42 Å². The van der Waals surface area contributed by atoms with E-state index in [0.717, 1.165) is 5.56 Å². The molecule has 0 saturated carbocycles. The van der Waals surface area contributed by atoms with Crippen LogP contribution < -0.4 is 11.1 Å². The SMILES string of the molecule is NC(Cc1ccccc1)C(=O)NC(CCC(=O)CBr)(C(=O)O)C(=O)OCc1ccccc1. The number of halogens is 1. The van der Waals surface area contributed by atoms with E-state index in [-0.39, 0.29) is 30.6 Å². The normalized spacial score (nSPS) is 13.4. The second-order valence-electron chi connectivity index (χ2n) is 7.23. The molecule has 4 N–H and O–H groups in total. The number of alkyl halides is 1. The van der Waals surface area contributed by atoms with E-state index < -0.39 is 35.8 Å². The maximum atomic E-state index is 12.9. The maximum Gasteiger partial charge on any atom is 0.344 e. The summed E-state index contributed by atoms with van der Waals surface area (Å²) in [6.07, 6.45) is -0.585. The standard InChI is InChI=1S/C23H25BrN2O6/c24-14-18(27)11-12-23(21(29)30,22(31)32-15-17-9-5-2-6-10-17)26-20(28)19(25)13-16-7-3-1-4-8-16/h1-10,19H,11-15,25H2,(H,26,28)(H,29,30). The average molecular weight is 505 g/mol. The van der Waals surface area contributed by atoms with Gasteiger partial charge in [-0.3, -0.25) is 9.59 Å². The van der Waals surface area contributed by atoms with E-state index in [1.807, 2.05) is 6.07 Å². The Hall–Kier alpha value is -3.04. The number of nitrogens with one attached hydrogen (secondary N) is 1. The number of rotatable bonds is 12. The molecule has 1 amide bonds. The Balaban J connectivity index is 2.22. The number of nitrogens with two attached hydrogens (primary N) is 1. The molecule has 0 aliphatic carbocycles. The van der Waals surface area contributed by atoms with Crippen molar-refractivity contribution in [3.63, 3.8) is 0 Å². The number of ketones is 1. The number of ether oxygens (including phenoxy) is 1. The van der Waals surface area contributed by atoms with Crippen LogP contribution in [0.1, 0.15) is 24.0 Å². The molecule has 0 fully saturated rings. The molecule has 0 bridgehead atoms. The lowest BCUT2D eigenvalue weighted by Crippen LogP contribution is -2.63. The van der Waals surface area contributed by atoms with Crippen LogP contribution in [0.25, 0.3) is 0 Å². The van der Waals surface area contributed by atoms with Gasteiger partial charge in [-0.1, -0.05) is 76.6 Å². The molecule has 2 rings (SSSR count). The number of carbonyl (C=O) groups is 4. The molecule has 170 valence electrons. The van der Waals surface area contributed by atoms with E-state index >= 15 is 0 Å². The number of carboxylic acid groups (broad SMARTS) is 1. The molecular formula is C23H25BrN2O6. The van der Waals surface area contributed by atoms with Crippen molar-refractivity contribution in [1.82, 2.24) is 5.32 Å². The first-order valence-electron chi connectivity index (χ1n) is 9.92. The highest BCUT2D eigenvalue weighted by molar-refractivity contribution is 9.09.